The summed E-state index contributed by atoms with van der Waals surface area (Å²) in [5.74, 6) is -1.12. The molecule has 2 N–H and O–H groups in total. The van der Waals surface area contributed by atoms with E-state index in [4.69, 9.17) is 4.99 Å². The number of hydrogen-bond acceptors (Lipinski definition) is 6. The lowest BCUT2D eigenvalue weighted by Gasteiger charge is -2.17. The highest BCUT2D eigenvalue weighted by Gasteiger charge is 2.26. The first-order valence-electron chi connectivity index (χ1n) is 12.4. The van der Waals surface area contributed by atoms with Crippen molar-refractivity contribution in [2.75, 3.05) is 11.4 Å². The Morgan fingerprint density at radius 2 is 1.85 bits per heavy atom. The topological polar surface area (TPSA) is 126 Å². The fraction of sp³-hybridized carbons (Fsp3) is 0.138. The van der Waals surface area contributed by atoms with E-state index in [9.17, 15) is 19.8 Å². The summed E-state index contributed by atoms with van der Waals surface area (Å²) in [7, 11) is 1.69. The third kappa shape index (κ3) is 4.31. The predicted octanol–water partition coefficient (Wildman–Crippen LogP) is 3.93. The maximum Gasteiger partial charge on any atom is 0.335 e. The first-order chi connectivity index (χ1) is 18.9. The van der Waals surface area contributed by atoms with Crippen LogP contribution in [0.4, 0.5) is 11.4 Å². The molecule has 0 saturated heterocycles. The molecule has 0 aliphatic carbocycles. The van der Waals surface area contributed by atoms with Crippen LogP contribution in [0.1, 0.15) is 27.0 Å². The zero-order valence-corrected chi connectivity index (χ0v) is 21.0. The minimum atomic E-state index is -1.04. The molecular weight excluding hydrogens is 496 g/mol. The van der Waals surface area contributed by atoms with Gasteiger partial charge in [-0.1, -0.05) is 36.4 Å². The minimum absolute atomic E-state index is 0.0128. The van der Waals surface area contributed by atoms with Gasteiger partial charge < -0.3 is 19.7 Å². The molecule has 0 spiro atoms. The Morgan fingerprint density at radius 3 is 2.59 bits per heavy atom. The zero-order chi connectivity index (χ0) is 27.1. The Hall–Kier alpha value is -5.25. The van der Waals surface area contributed by atoms with E-state index < -0.39 is 5.97 Å². The Bertz CT molecular complexity index is 1760. The molecule has 0 saturated carbocycles. The Kier molecular flexibility index (Phi) is 5.91. The Morgan fingerprint density at radius 1 is 1.03 bits per heavy atom. The van der Waals surface area contributed by atoms with E-state index in [1.807, 2.05) is 48.5 Å². The molecule has 6 rings (SSSR count). The highest BCUT2D eigenvalue weighted by molar-refractivity contribution is 6.22. The van der Waals surface area contributed by atoms with Gasteiger partial charge in [0.25, 0.3) is 0 Å². The molecule has 39 heavy (non-hydrogen) atoms. The van der Waals surface area contributed by atoms with Gasteiger partial charge >= 0.3 is 5.97 Å². The van der Waals surface area contributed by atoms with Crippen molar-refractivity contribution in [2.24, 2.45) is 12.0 Å². The van der Waals surface area contributed by atoms with Crippen LogP contribution < -0.4 is 4.90 Å². The number of hydrogen-bond donors (Lipinski definition) is 2. The second-order valence-electron chi connectivity index (χ2n) is 9.32. The highest BCUT2D eigenvalue weighted by Crippen LogP contribution is 2.36. The van der Waals surface area contributed by atoms with E-state index in [0.29, 0.717) is 40.8 Å². The average Bonchev–Trinajstić information content (AvgIpc) is 3.67. The summed E-state index contributed by atoms with van der Waals surface area (Å²) in [5, 5.41) is 25.4. The van der Waals surface area contributed by atoms with Crippen molar-refractivity contribution >= 4 is 39.9 Å². The van der Waals surface area contributed by atoms with Crippen LogP contribution in [0.3, 0.4) is 0 Å². The molecule has 1 aliphatic heterocycles. The number of anilines is 1. The molecule has 0 bridgehead atoms. The lowest BCUT2D eigenvalue weighted by atomic mass is 10.00. The second-order valence-corrected chi connectivity index (χ2v) is 9.32. The molecule has 0 unspecified atom stereocenters. The summed E-state index contributed by atoms with van der Waals surface area (Å²) in [6, 6.07) is 20.0. The molecule has 2 aromatic heterocycles. The van der Waals surface area contributed by atoms with Crippen LogP contribution in [0.25, 0.3) is 10.9 Å². The molecule has 194 valence electrons. The first-order valence-corrected chi connectivity index (χ1v) is 12.4. The van der Waals surface area contributed by atoms with Gasteiger partial charge in [0.15, 0.2) is 0 Å². The molecule has 3 aromatic carbocycles. The molecule has 0 radical (unpaired) electrons. The summed E-state index contributed by atoms with van der Waals surface area (Å²) in [6.07, 6.45) is 3.61. The van der Waals surface area contributed by atoms with Gasteiger partial charge in [-0.2, -0.15) is 5.10 Å². The predicted molar refractivity (Wildman–Crippen MR) is 146 cm³/mol. The fourth-order valence-electron chi connectivity index (χ4n) is 5.03. The number of nitrogens with zero attached hydrogens (tertiary/aromatic N) is 6. The quantitative estimate of drug-likeness (QED) is 0.327. The van der Waals surface area contributed by atoms with Gasteiger partial charge in [-0.3, -0.25) is 4.79 Å². The van der Waals surface area contributed by atoms with Crippen molar-refractivity contribution in [3.63, 3.8) is 0 Å². The number of carbonyl (C=O) groups excluding carboxylic acids is 1. The molecule has 10 heteroatoms. The molecular formula is C29H24N6O4. The number of carboxylic acids is 1. The van der Waals surface area contributed by atoms with Gasteiger partial charge in [0.05, 0.1) is 28.0 Å². The molecule has 5 aromatic rings. The largest absolute Gasteiger partial charge is 0.494 e. The zero-order valence-electron chi connectivity index (χ0n) is 21.0. The van der Waals surface area contributed by atoms with Gasteiger partial charge in [0, 0.05) is 30.2 Å². The lowest BCUT2D eigenvalue weighted by Crippen LogP contribution is -2.32. The second kappa shape index (κ2) is 9.56. The van der Waals surface area contributed by atoms with Crippen LogP contribution >= 0.6 is 0 Å². The number of aliphatic imine (C=N–C) groups is 1. The van der Waals surface area contributed by atoms with Gasteiger partial charge in [-0.25, -0.2) is 19.5 Å². The first kappa shape index (κ1) is 24.1. The lowest BCUT2D eigenvalue weighted by molar-refractivity contribution is -0.119. The minimum Gasteiger partial charge on any atom is -0.494 e. The maximum absolute atomic E-state index is 12.9. The van der Waals surface area contributed by atoms with Crippen LogP contribution in [0.5, 0.6) is 5.88 Å². The fourth-order valence-corrected chi connectivity index (χ4v) is 5.03. The monoisotopic (exact) mass is 520 g/mol. The molecule has 1 amide bonds. The Balaban J connectivity index is 1.43. The summed E-state index contributed by atoms with van der Waals surface area (Å²) in [5.41, 5.74) is 5.11. The van der Waals surface area contributed by atoms with Gasteiger partial charge in [0.2, 0.25) is 11.8 Å². The Labute approximate surface area is 223 Å². The number of aryl methyl sites for hydroxylation is 1. The van der Waals surface area contributed by atoms with Crippen LogP contribution in [-0.4, -0.2) is 53.7 Å². The van der Waals surface area contributed by atoms with E-state index in [1.165, 1.54) is 23.4 Å². The molecule has 0 fully saturated rings. The number of carboxylic acid groups (broad SMARTS) is 1. The van der Waals surface area contributed by atoms with E-state index in [1.54, 1.807) is 28.6 Å². The molecule has 0 atom stereocenters. The molecule has 10 nitrogen and oxygen atoms in total. The van der Waals surface area contributed by atoms with Crippen molar-refractivity contribution in [1.82, 2.24) is 19.3 Å². The van der Waals surface area contributed by atoms with Crippen molar-refractivity contribution in [2.45, 2.75) is 13.0 Å². The van der Waals surface area contributed by atoms with Gasteiger partial charge in [-0.05, 0) is 42.3 Å². The maximum atomic E-state index is 12.9. The molecule has 3 heterocycles. The third-order valence-corrected chi connectivity index (χ3v) is 6.97. The number of fused-ring (bicyclic) bond motifs is 2. The van der Waals surface area contributed by atoms with Crippen LogP contribution in [0.2, 0.25) is 0 Å². The summed E-state index contributed by atoms with van der Waals surface area (Å²) < 4.78 is 3.07. The number of aromatic nitrogens is 4. The van der Waals surface area contributed by atoms with E-state index in [-0.39, 0.29) is 23.9 Å². The van der Waals surface area contributed by atoms with Crippen LogP contribution in [-0.2, 0) is 24.8 Å². The van der Waals surface area contributed by atoms with Crippen molar-refractivity contribution in [3.05, 3.63) is 102 Å². The number of rotatable bonds is 6. The van der Waals surface area contributed by atoms with E-state index in [2.05, 4.69) is 10.1 Å². The smallest absolute Gasteiger partial charge is 0.335 e. The molecule has 1 aliphatic rings. The van der Waals surface area contributed by atoms with Crippen molar-refractivity contribution in [3.8, 4) is 5.88 Å². The SMILES string of the molecule is Cn1c(O)c(C(=Nc2ccc3c(c2)CCN3C(=O)Cn2cncn2)c2ccccc2)c2ccc(C(=O)O)cc21. The number of amides is 1. The summed E-state index contributed by atoms with van der Waals surface area (Å²) in [4.78, 5) is 35.1. The van der Waals surface area contributed by atoms with Gasteiger partial charge in [-0.15, -0.1) is 0 Å². The number of carbonyl (C=O) groups is 2. The number of aromatic carboxylic acids is 1. The van der Waals surface area contributed by atoms with Crippen molar-refractivity contribution < 1.29 is 19.8 Å². The van der Waals surface area contributed by atoms with E-state index >= 15 is 0 Å². The number of benzene rings is 3. The van der Waals surface area contributed by atoms with Crippen molar-refractivity contribution in [1.29, 1.82) is 0 Å². The third-order valence-electron chi connectivity index (χ3n) is 6.97. The van der Waals surface area contributed by atoms with Crippen LogP contribution in [0, 0.1) is 0 Å². The standard InChI is InChI=1S/C29H24N6O4/c1-33-24-14-20(29(38)39)7-9-22(24)26(28(33)37)27(18-5-3-2-4-6-18)32-21-8-10-23-19(13-21)11-12-35(23)25(36)15-34-17-30-16-31-34/h2-10,13-14,16-17,37H,11-12,15H2,1H3,(H,38,39). The summed E-state index contributed by atoms with van der Waals surface area (Å²) in [6.45, 7) is 0.680. The number of aromatic hydroxyl groups is 1. The van der Waals surface area contributed by atoms with Gasteiger partial charge in [0.1, 0.15) is 19.2 Å². The average molecular weight is 521 g/mol. The van der Waals surface area contributed by atoms with E-state index in [0.717, 1.165) is 16.8 Å². The normalized spacial score (nSPS) is 13.2. The highest BCUT2D eigenvalue weighted by atomic mass is 16.4. The van der Waals surface area contributed by atoms with Crippen LogP contribution in [0.15, 0.2) is 84.4 Å². The summed E-state index contributed by atoms with van der Waals surface area (Å²) >= 11 is 0.